The fourth-order valence-electron chi connectivity index (χ4n) is 10.0. The van der Waals surface area contributed by atoms with Crippen molar-refractivity contribution in [2.75, 3.05) is 6.61 Å². The molecule has 324 valence electrons. The molecule has 61 heavy (non-hydrogen) atoms. The first-order chi connectivity index (χ1) is 28.8. The van der Waals surface area contributed by atoms with Gasteiger partial charge in [-0.05, 0) is 49.3 Å². The number of aliphatic hydroxyl groups excluding tert-OH is 2. The van der Waals surface area contributed by atoms with Gasteiger partial charge >= 0.3 is 23.9 Å². The SMILES string of the molecule is CC(=O)O[C@H]1C(=O)[C@@]2(C)C(C(OC(=O)c3ccccc3)[C@]3(O)CC(OC(=O)C(O)[C@@H](NC(=O)c4ccccc4)C4C=CC=CC4)C=C1C3(C)C)[C@]1(OC(C)=O)CO[C@@H]1C[C@@H]2O. The van der Waals surface area contributed by atoms with E-state index in [0.717, 1.165) is 13.8 Å². The zero-order chi connectivity index (χ0) is 44.1. The number of rotatable bonds is 10. The maximum atomic E-state index is 15.3. The molecule has 7 rings (SSSR count). The maximum Gasteiger partial charge on any atom is 0.338 e. The second-order valence-corrected chi connectivity index (χ2v) is 17.3. The maximum absolute atomic E-state index is 15.3. The number of hydrogen-bond donors (Lipinski definition) is 4. The van der Waals surface area contributed by atoms with Crippen LogP contribution in [0.25, 0.3) is 0 Å². The number of hydrogen-bond acceptors (Lipinski definition) is 14. The quantitative estimate of drug-likeness (QED) is 0.154. The van der Waals surface area contributed by atoms with Crippen molar-refractivity contribution in [2.45, 2.75) is 108 Å². The van der Waals surface area contributed by atoms with Gasteiger partial charge in [-0.25, -0.2) is 9.59 Å². The summed E-state index contributed by atoms with van der Waals surface area (Å²) >= 11 is 0. The average Bonchev–Trinajstić information content (AvgIpc) is 3.23. The number of ether oxygens (including phenoxy) is 5. The number of Topliss-reactive ketones (excluding diaryl/α,β-unsaturated/α-hetero) is 1. The van der Waals surface area contributed by atoms with Gasteiger partial charge in [-0.15, -0.1) is 0 Å². The second kappa shape index (κ2) is 16.4. The Balaban J connectivity index is 1.35. The highest BCUT2D eigenvalue weighted by molar-refractivity contribution is 5.96. The number of carbonyl (C=O) groups is 6. The molecule has 4 aliphatic carbocycles. The summed E-state index contributed by atoms with van der Waals surface area (Å²) in [5, 5.41) is 40.1. The predicted octanol–water partition coefficient (Wildman–Crippen LogP) is 3.11. The molecule has 2 aromatic carbocycles. The van der Waals surface area contributed by atoms with Crippen molar-refractivity contribution in [1.29, 1.82) is 0 Å². The van der Waals surface area contributed by atoms with Crippen molar-refractivity contribution in [3.05, 3.63) is 108 Å². The molecule has 0 spiro atoms. The third-order valence-corrected chi connectivity index (χ3v) is 13.4. The normalized spacial score (nSPS) is 34.3. The van der Waals surface area contributed by atoms with Crippen LogP contribution in [-0.4, -0.2) is 111 Å². The van der Waals surface area contributed by atoms with Crippen molar-refractivity contribution < 1.29 is 67.8 Å². The number of carbonyl (C=O) groups excluding carboxylic acids is 6. The summed E-state index contributed by atoms with van der Waals surface area (Å²) in [5.41, 5.74) is -7.49. The van der Waals surface area contributed by atoms with Crippen molar-refractivity contribution in [1.82, 2.24) is 5.32 Å². The summed E-state index contributed by atoms with van der Waals surface area (Å²) in [6, 6.07) is 14.9. The number of benzene rings is 2. The van der Waals surface area contributed by atoms with Crippen LogP contribution in [0.1, 0.15) is 74.6 Å². The zero-order valence-electron chi connectivity index (χ0n) is 34.5. The van der Waals surface area contributed by atoms with E-state index in [2.05, 4.69) is 5.32 Å². The van der Waals surface area contributed by atoms with Crippen LogP contribution in [0.5, 0.6) is 0 Å². The molecule has 0 aromatic heterocycles. The van der Waals surface area contributed by atoms with E-state index in [1.165, 1.54) is 25.1 Å². The lowest BCUT2D eigenvalue weighted by Crippen LogP contribution is -2.81. The largest absolute Gasteiger partial charge is 0.456 e. The van der Waals surface area contributed by atoms with E-state index in [1.807, 2.05) is 6.08 Å². The Morgan fingerprint density at radius 1 is 0.885 bits per heavy atom. The molecule has 3 fully saturated rings. The Morgan fingerprint density at radius 2 is 1.54 bits per heavy atom. The van der Waals surface area contributed by atoms with Gasteiger partial charge in [0, 0.05) is 43.6 Å². The summed E-state index contributed by atoms with van der Waals surface area (Å²) in [7, 11) is 0. The highest BCUT2D eigenvalue weighted by atomic mass is 16.6. The van der Waals surface area contributed by atoms with E-state index in [9.17, 15) is 39.3 Å². The van der Waals surface area contributed by atoms with E-state index in [4.69, 9.17) is 23.7 Å². The van der Waals surface area contributed by atoms with E-state index in [1.54, 1.807) is 80.6 Å². The molecule has 1 amide bonds. The summed E-state index contributed by atoms with van der Waals surface area (Å²) in [5.74, 6) is -7.29. The van der Waals surface area contributed by atoms with Crippen LogP contribution < -0.4 is 5.32 Å². The van der Waals surface area contributed by atoms with Crippen LogP contribution in [0.3, 0.4) is 0 Å². The topological polar surface area (TPSA) is 221 Å². The van der Waals surface area contributed by atoms with Gasteiger partial charge in [0.2, 0.25) is 0 Å². The Labute approximate surface area is 352 Å². The molecule has 2 aromatic rings. The van der Waals surface area contributed by atoms with E-state index >= 15 is 4.79 Å². The lowest BCUT2D eigenvalue weighted by molar-refractivity contribution is -0.345. The van der Waals surface area contributed by atoms with Crippen LogP contribution in [0.15, 0.2) is 96.6 Å². The second-order valence-electron chi connectivity index (χ2n) is 17.3. The van der Waals surface area contributed by atoms with Crippen molar-refractivity contribution >= 4 is 35.6 Å². The first kappa shape index (κ1) is 43.6. The lowest BCUT2D eigenvalue weighted by atomic mass is 9.45. The molecule has 2 bridgehead atoms. The third-order valence-electron chi connectivity index (χ3n) is 13.4. The average molecular weight is 842 g/mol. The molecular formula is C46H51NO14. The molecule has 1 saturated heterocycles. The van der Waals surface area contributed by atoms with Gasteiger partial charge in [-0.3, -0.25) is 19.2 Å². The molecule has 0 radical (unpaired) electrons. The summed E-state index contributed by atoms with van der Waals surface area (Å²) < 4.78 is 30.0. The van der Waals surface area contributed by atoms with E-state index in [-0.39, 0.29) is 29.7 Å². The number of aliphatic hydroxyl groups is 3. The summed E-state index contributed by atoms with van der Waals surface area (Å²) in [4.78, 5) is 82.9. The number of nitrogens with one attached hydrogen (secondary N) is 1. The zero-order valence-corrected chi connectivity index (χ0v) is 34.5. The van der Waals surface area contributed by atoms with Crippen molar-refractivity contribution in [3.63, 3.8) is 0 Å². The number of allylic oxidation sites excluding steroid dienone is 3. The molecule has 1 heterocycles. The minimum absolute atomic E-state index is 0.0378. The predicted molar refractivity (Wildman–Crippen MR) is 214 cm³/mol. The molecule has 1 aliphatic heterocycles. The van der Waals surface area contributed by atoms with Crippen LogP contribution in [-0.2, 0) is 42.9 Å². The van der Waals surface area contributed by atoms with Gasteiger partial charge < -0.3 is 44.3 Å². The molecule has 4 N–H and O–H groups in total. The lowest BCUT2D eigenvalue weighted by Gasteiger charge is -2.67. The van der Waals surface area contributed by atoms with Crippen LogP contribution in [0, 0.1) is 22.7 Å². The fraction of sp³-hybridized carbons (Fsp3) is 0.478. The number of fused-ring (bicyclic) bond motifs is 5. The molecule has 15 nitrogen and oxygen atoms in total. The van der Waals surface area contributed by atoms with Gasteiger partial charge in [-0.1, -0.05) is 74.5 Å². The van der Waals surface area contributed by atoms with Crippen LogP contribution in [0.2, 0.25) is 0 Å². The summed E-state index contributed by atoms with van der Waals surface area (Å²) in [6.45, 7) is 6.42. The van der Waals surface area contributed by atoms with Crippen LogP contribution >= 0.6 is 0 Å². The minimum Gasteiger partial charge on any atom is -0.456 e. The smallest absolute Gasteiger partial charge is 0.338 e. The standard InChI is InChI=1S/C46H51NO14/c1-25(48)58-36-31-21-30(59-42(55)35(51)34(27-15-9-6-10-16-27)47-40(53)28-17-11-7-12-18-28)23-46(56,43(31,3)4)39(60-41(54)29-19-13-8-14-20-29)37-44(5,38(36)52)32(50)22-33-45(37,24-57-33)61-26(2)49/h6-15,17-21,27,30,32-37,39,50-51,56H,16,22-24H2,1-5H3,(H,47,53)/t27?,30?,32-,33+,34-,35?,36+,37?,39?,44+,45-,46+/m0/s1. The van der Waals surface area contributed by atoms with Gasteiger partial charge in [0.15, 0.2) is 23.6 Å². The Bertz CT molecular complexity index is 2170. The van der Waals surface area contributed by atoms with Crippen LogP contribution in [0.4, 0.5) is 0 Å². The molecule has 15 heteroatoms. The number of ketones is 1. The fourth-order valence-corrected chi connectivity index (χ4v) is 10.0. The van der Waals surface area contributed by atoms with Gasteiger partial charge in [-0.2, -0.15) is 0 Å². The highest BCUT2D eigenvalue weighted by Crippen LogP contribution is 2.63. The van der Waals surface area contributed by atoms with Gasteiger partial charge in [0.25, 0.3) is 5.91 Å². The highest BCUT2D eigenvalue weighted by Gasteiger charge is 2.78. The number of amides is 1. The first-order valence-electron chi connectivity index (χ1n) is 20.3. The van der Waals surface area contributed by atoms with Gasteiger partial charge in [0.1, 0.15) is 23.9 Å². The van der Waals surface area contributed by atoms with E-state index < -0.39 is 119 Å². The first-order valence-corrected chi connectivity index (χ1v) is 20.3. The van der Waals surface area contributed by atoms with Crippen molar-refractivity contribution in [2.24, 2.45) is 22.7 Å². The van der Waals surface area contributed by atoms with Crippen molar-refractivity contribution in [3.8, 4) is 0 Å². The Morgan fingerprint density at radius 3 is 2.11 bits per heavy atom. The molecular weight excluding hydrogens is 790 g/mol. The molecule has 5 unspecified atom stereocenters. The molecule has 12 atom stereocenters. The Kier molecular flexibility index (Phi) is 11.7. The number of esters is 4. The van der Waals surface area contributed by atoms with Gasteiger partial charge in [0.05, 0.1) is 35.6 Å². The molecule has 5 aliphatic rings. The summed E-state index contributed by atoms with van der Waals surface area (Å²) in [6.07, 6.45) is -1.57. The molecule has 2 saturated carbocycles. The minimum atomic E-state index is -2.37. The monoisotopic (exact) mass is 841 g/mol. The van der Waals surface area contributed by atoms with E-state index in [0.29, 0.717) is 6.42 Å². The Hall–Kier alpha value is -5.48. The third kappa shape index (κ3) is 7.51.